The lowest BCUT2D eigenvalue weighted by Crippen LogP contribution is -2.46. The molecule has 7 nitrogen and oxygen atoms in total. The zero-order valence-electron chi connectivity index (χ0n) is 12.1. The van der Waals surface area contributed by atoms with E-state index in [9.17, 15) is 9.59 Å². The standard InChI is InChI=1S/C14H20N4O3/c1-2-21-14(20)17-10-12-9-11(3-4-16-12)13(19)18-7-5-15-6-8-18/h3-4,9,15H,2,5-8,10H2,1H3,(H,17,20). The maximum atomic E-state index is 12.4. The van der Waals surface area contributed by atoms with E-state index in [1.165, 1.54) is 0 Å². The first kappa shape index (κ1) is 15.2. The van der Waals surface area contributed by atoms with Gasteiger partial charge in [-0.1, -0.05) is 0 Å². The summed E-state index contributed by atoms with van der Waals surface area (Å²) in [6, 6.07) is 3.40. The number of rotatable bonds is 4. The zero-order valence-corrected chi connectivity index (χ0v) is 12.1. The smallest absolute Gasteiger partial charge is 0.407 e. The first-order chi connectivity index (χ1) is 10.2. The Hall–Kier alpha value is -2.15. The van der Waals surface area contributed by atoms with Gasteiger partial charge in [0.2, 0.25) is 0 Å². The zero-order chi connectivity index (χ0) is 15.1. The third-order valence-electron chi connectivity index (χ3n) is 3.16. The number of hydrogen-bond donors (Lipinski definition) is 2. The van der Waals surface area contributed by atoms with Gasteiger partial charge in [0, 0.05) is 37.9 Å². The Labute approximate surface area is 123 Å². The van der Waals surface area contributed by atoms with Crippen LogP contribution in [0.4, 0.5) is 4.79 Å². The molecule has 0 aromatic carbocycles. The molecule has 0 bridgehead atoms. The monoisotopic (exact) mass is 292 g/mol. The fraction of sp³-hybridized carbons (Fsp3) is 0.500. The van der Waals surface area contributed by atoms with Gasteiger partial charge < -0.3 is 20.3 Å². The molecule has 1 fully saturated rings. The lowest BCUT2D eigenvalue weighted by atomic mass is 10.2. The lowest BCUT2D eigenvalue weighted by Gasteiger charge is -2.27. The molecule has 0 spiro atoms. The minimum Gasteiger partial charge on any atom is -0.450 e. The summed E-state index contributed by atoms with van der Waals surface area (Å²) < 4.78 is 4.78. The Balaban J connectivity index is 1.96. The van der Waals surface area contributed by atoms with Gasteiger partial charge in [0.15, 0.2) is 0 Å². The first-order valence-corrected chi connectivity index (χ1v) is 7.06. The lowest BCUT2D eigenvalue weighted by molar-refractivity contribution is 0.0735. The number of pyridine rings is 1. The van der Waals surface area contributed by atoms with Crippen molar-refractivity contribution in [2.45, 2.75) is 13.5 Å². The van der Waals surface area contributed by atoms with Crippen LogP contribution in [0.25, 0.3) is 0 Å². The second kappa shape index (κ2) is 7.58. The van der Waals surface area contributed by atoms with Gasteiger partial charge in [-0.25, -0.2) is 4.79 Å². The molecule has 21 heavy (non-hydrogen) atoms. The van der Waals surface area contributed by atoms with Crippen LogP contribution < -0.4 is 10.6 Å². The molecule has 2 rings (SSSR count). The van der Waals surface area contributed by atoms with E-state index in [0.29, 0.717) is 31.0 Å². The second-order valence-electron chi connectivity index (χ2n) is 4.65. The fourth-order valence-corrected chi connectivity index (χ4v) is 2.10. The van der Waals surface area contributed by atoms with E-state index in [1.807, 2.05) is 4.90 Å². The molecular weight excluding hydrogens is 272 g/mol. The Morgan fingerprint density at radius 2 is 2.19 bits per heavy atom. The number of carbonyl (C=O) groups is 2. The van der Waals surface area contributed by atoms with Crippen LogP contribution in [-0.2, 0) is 11.3 Å². The van der Waals surface area contributed by atoms with E-state index >= 15 is 0 Å². The highest BCUT2D eigenvalue weighted by Crippen LogP contribution is 2.07. The van der Waals surface area contributed by atoms with Crippen molar-refractivity contribution >= 4 is 12.0 Å². The van der Waals surface area contributed by atoms with E-state index in [0.717, 1.165) is 13.1 Å². The van der Waals surface area contributed by atoms with Crippen molar-refractivity contribution in [3.8, 4) is 0 Å². The molecule has 0 radical (unpaired) electrons. The molecule has 1 aliphatic rings. The molecule has 0 saturated carbocycles. The molecule has 1 aromatic heterocycles. The van der Waals surface area contributed by atoms with E-state index in [2.05, 4.69) is 15.6 Å². The SMILES string of the molecule is CCOC(=O)NCc1cc(C(=O)N2CCNCC2)ccn1. The first-order valence-electron chi connectivity index (χ1n) is 7.06. The van der Waals surface area contributed by atoms with Crippen LogP contribution in [0.5, 0.6) is 0 Å². The molecule has 2 heterocycles. The van der Waals surface area contributed by atoms with E-state index in [1.54, 1.807) is 25.3 Å². The maximum absolute atomic E-state index is 12.4. The summed E-state index contributed by atoms with van der Waals surface area (Å²) in [5.41, 5.74) is 1.22. The third kappa shape index (κ3) is 4.42. The second-order valence-corrected chi connectivity index (χ2v) is 4.65. The largest absolute Gasteiger partial charge is 0.450 e. The Morgan fingerprint density at radius 3 is 2.90 bits per heavy atom. The minimum absolute atomic E-state index is 0.00344. The molecule has 2 amide bonds. The number of nitrogens with zero attached hydrogens (tertiary/aromatic N) is 2. The highest BCUT2D eigenvalue weighted by Gasteiger charge is 2.18. The van der Waals surface area contributed by atoms with Crippen LogP contribution in [0, 0.1) is 0 Å². The number of ether oxygens (including phenoxy) is 1. The fourth-order valence-electron chi connectivity index (χ4n) is 2.10. The number of aromatic nitrogens is 1. The van der Waals surface area contributed by atoms with E-state index in [-0.39, 0.29) is 12.5 Å². The number of piperazine rings is 1. The Kier molecular flexibility index (Phi) is 5.51. The molecule has 0 atom stereocenters. The molecule has 0 aliphatic carbocycles. The van der Waals surface area contributed by atoms with Crippen LogP contribution in [0.2, 0.25) is 0 Å². The summed E-state index contributed by atoms with van der Waals surface area (Å²) >= 11 is 0. The van der Waals surface area contributed by atoms with Gasteiger partial charge in [-0.05, 0) is 19.1 Å². The summed E-state index contributed by atoms with van der Waals surface area (Å²) in [4.78, 5) is 29.5. The van der Waals surface area contributed by atoms with Gasteiger partial charge >= 0.3 is 6.09 Å². The van der Waals surface area contributed by atoms with Crippen molar-refractivity contribution < 1.29 is 14.3 Å². The maximum Gasteiger partial charge on any atom is 0.407 e. The quantitative estimate of drug-likeness (QED) is 0.838. The van der Waals surface area contributed by atoms with E-state index < -0.39 is 6.09 Å². The number of nitrogens with one attached hydrogen (secondary N) is 2. The van der Waals surface area contributed by atoms with Gasteiger partial charge in [-0.3, -0.25) is 9.78 Å². The Bertz CT molecular complexity index is 501. The minimum atomic E-state index is -0.488. The number of hydrogen-bond acceptors (Lipinski definition) is 5. The summed E-state index contributed by atoms with van der Waals surface area (Å²) in [6.45, 7) is 5.34. The molecule has 1 saturated heterocycles. The normalized spacial score (nSPS) is 14.6. The molecule has 1 aliphatic heterocycles. The summed E-state index contributed by atoms with van der Waals surface area (Å²) in [7, 11) is 0. The number of alkyl carbamates (subject to hydrolysis) is 1. The average Bonchev–Trinajstić information content (AvgIpc) is 2.54. The van der Waals surface area contributed by atoms with Gasteiger partial charge in [0.05, 0.1) is 18.8 Å². The van der Waals surface area contributed by atoms with Gasteiger partial charge in [0.25, 0.3) is 5.91 Å². The van der Waals surface area contributed by atoms with Gasteiger partial charge in [0.1, 0.15) is 0 Å². The van der Waals surface area contributed by atoms with Crippen molar-refractivity contribution in [3.63, 3.8) is 0 Å². The predicted octanol–water partition coefficient (Wildman–Crippen LogP) is 0.373. The topological polar surface area (TPSA) is 83.6 Å². The highest BCUT2D eigenvalue weighted by molar-refractivity contribution is 5.94. The highest BCUT2D eigenvalue weighted by atomic mass is 16.5. The van der Waals surface area contributed by atoms with Gasteiger partial charge in [-0.15, -0.1) is 0 Å². The van der Waals surface area contributed by atoms with Crippen LogP contribution >= 0.6 is 0 Å². The molecular formula is C14H20N4O3. The molecule has 7 heteroatoms. The van der Waals surface area contributed by atoms with Crippen LogP contribution in [0.1, 0.15) is 23.0 Å². The average molecular weight is 292 g/mol. The molecule has 0 unspecified atom stereocenters. The summed E-state index contributed by atoms with van der Waals surface area (Å²) in [6.07, 6.45) is 1.09. The van der Waals surface area contributed by atoms with E-state index in [4.69, 9.17) is 4.74 Å². The van der Waals surface area contributed by atoms with Crippen molar-refractivity contribution in [3.05, 3.63) is 29.6 Å². The number of amides is 2. The Morgan fingerprint density at radius 1 is 1.43 bits per heavy atom. The van der Waals surface area contributed by atoms with Crippen LogP contribution in [-0.4, -0.2) is 54.7 Å². The van der Waals surface area contributed by atoms with Crippen molar-refractivity contribution in [1.29, 1.82) is 0 Å². The van der Waals surface area contributed by atoms with Crippen LogP contribution in [0.3, 0.4) is 0 Å². The molecule has 2 N–H and O–H groups in total. The molecule has 114 valence electrons. The summed E-state index contributed by atoms with van der Waals surface area (Å²) in [5.74, 6) is -0.00344. The van der Waals surface area contributed by atoms with Crippen LogP contribution in [0.15, 0.2) is 18.3 Å². The third-order valence-corrected chi connectivity index (χ3v) is 3.16. The summed E-state index contributed by atoms with van der Waals surface area (Å²) in [5, 5.41) is 5.80. The number of carbonyl (C=O) groups excluding carboxylic acids is 2. The van der Waals surface area contributed by atoms with Crippen molar-refractivity contribution in [1.82, 2.24) is 20.5 Å². The molecule has 1 aromatic rings. The predicted molar refractivity (Wildman–Crippen MR) is 76.9 cm³/mol. The van der Waals surface area contributed by atoms with Crippen molar-refractivity contribution in [2.75, 3.05) is 32.8 Å². The van der Waals surface area contributed by atoms with Gasteiger partial charge in [-0.2, -0.15) is 0 Å². The van der Waals surface area contributed by atoms with Crippen molar-refractivity contribution in [2.24, 2.45) is 0 Å².